The van der Waals surface area contributed by atoms with Gasteiger partial charge < -0.3 is 5.32 Å². The van der Waals surface area contributed by atoms with E-state index in [-0.39, 0.29) is 34.8 Å². The number of nitro benzene ring substituents is 1. The summed E-state index contributed by atoms with van der Waals surface area (Å²) in [4.78, 5) is 47.9. The summed E-state index contributed by atoms with van der Waals surface area (Å²) in [6, 6.07) is 9.51. The van der Waals surface area contributed by atoms with Crippen molar-refractivity contribution in [3.8, 4) is 0 Å². The fourth-order valence-electron chi connectivity index (χ4n) is 3.03. The zero-order chi connectivity index (χ0) is 22.8. The molecule has 162 valence electrons. The third-order valence-corrected chi connectivity index (χ3v) is 6.14. The maximum absolute atomic E-state index is 12.4. The molecule has 0 radical (unpaired) electrons. The van der Waals surface area contributed by atoms with Crippen LogP contribution in [0.5, 0.6) is 0 Å². The van der Waals surface area contributed by atoms with Crippen LogP contribution in [-0.2, 0) is 14.8 Å². The number of imide groups is 1. The van der Waals surface area contributed by atoms with Gasteiger partial charge in [-0.3, -0.25) is 29.4 Å². The number of hydrogen-bond donors (Lipinski definition) is 2. The Balaban J connectivity index is 1.54. The van der Waals surface area contributed by atoms with Crippen molar-refractivity contribution < 1.29 is 27.7 Å². The molecule has 0 aromatic heterocycles. The summed E-state index contributed by atoms with van der Waals surface area (Å²) in [6.45, 7) is 1.14. The SMILES string of the molecule is CC(C(=O)NCCNS(=O)(=O)c1ccc([N+](=O)[O-])cc1)N1C(=O)c2ccccc2C1=O. The summed E-state index contributed by atoms with van der Waals surface area (Å²) in [6.07, 6.45) is 0. The Morgan fingerprint density at radius 2 is 1.58 bits per heavy atom. The average molecular weight is 446 g/mol. The molecule has 2 N–H and O–H groups in total. The van der Waals surface area contributed by atoms with E-state index >= 15 is 0 Å². The van der Waals surface area contributed by atoms with Crippen LogP contribution in [0.25, 0.3) is 0 Å². The molecule has 31 heavy (non-hydrogen) atoms. The van der Waals surface area contributed by atoms with Gasteiger partial charge in [-0.15, -0.1) is 0 Å². The number of fused-ring (bicyclic) bond motifs is 1. The zero-order valence-electron chi connectivity index (χ0n) is 16.3. The number of amides is 3. The van der Waals surface area contributed by atoms with Gasteiger partial charge in [0.15, 0.2) is 0 Å². The van der Waals surface area contributed by atoms with Gasteiger partial charge in [0, 0.05) is 25.2 Å². The predicted molar refractivity (Wildman–Crippen MR) is 108 cm³/mol. The first-order chi connectivity index (χ1) is 14.6. The summed E-state index contributed by atoms with van der Waals surface area (Å²) in [7, 11) is -3.93. The van der Waals surface area contributed by atoms with Crippen LogP contribution in [-0.4, -0.2) is 55.1 Å². The van der Waals surface area contributed by atoms with Crippen molar-refractivity contribution in [1.82, 2.24) is 14.9 Å². The maximum atomic E-state index is 12.4. The van der Waals surface area contributed by atoms with E-state index in [1.165, 1.54) is 19.1 Å². The molecule has 1 atom stereocenters. The summed E-state index contributed by atoms with van der Waals surface area (Å²) in [5.74, 6) is -1.76. The summed E-state index contributed by atoms with van der Waals surface area (Å²) >= 11 is 0. The third kappa shape index (κ3) is 4.44. The molecule has 0 bridgehead atoms. The Labute approximate surface area is 177 Å². The van der Waals surface area contributed by atoms with Crippen LogP contribution in [0.15, 0.2) is 53.4 Å². The van der Waals surface area contributed by atoms with Gasteiger partial charge in [0.2, 0.25) is 15.9 Å². The van der Waals surface area contributed by atoms with Crippen LogP contribution >= 0.6 is 0 Å². The number of benzene rings is 2. The Morgan fingerprint density at radius 1 is 1.03 bits per heavy atom. The normalized spacial score (nSPS) is 14.3. The molecular weight excluding hydrogens is 428 g/mol. The topological polar surface area (TPSA) is 156 Å². The summed E-state index contributed by atoms with van der Waals surface area (Å²) in [5.41, 5.74) is 0.208. The molecule has 0 saturated carbocycles. The number of non-ortho nitro benzene ring substituents is 1. The van der Waals surface area contributed by atoms with Gasteiger partial charge >= 0.3 is 0 Å². The zero-order valence-corrected chi connectivity index (χ0v) is 17.1. The van der Waals surface area contributed by atoms with E-state index in [4.69, 9.17) is 0 Å². The second kappa shape index (κ2) is 8.62. The minimum absolute atomic E-state index is 0.0987. The molecule has 0 fully saturated rings. The molecular formula is C19H18N4O7S. The second-order valence-corrected chi connectivity index (χ2v) is 8.41. The highest BCUT2D eigenvalue weighted by Crippen LogP contribution is 2.24. The molecule has 2 aromatic rings. The van der Waals surface area contributed by atoms with Gasteiger partial charge in [-0.05, 0) is 31.2 Å². The molecule has 1 unspecified atom stereocenters. The second-order valence-electron chi connectivity index (χ2n) is 6.64. The smallest absolute Gasteiger partial charge is 0.269 e. The van der Waals surface area contributed by atoms with Gasteiger partial charge in [-0.25, -0.2) is 13.1 Å². The van der Waals surface area contributed by atoms with E-state index < -0.39 is 38.7 Å². The Hall–Kier alpha value is -3.64. The van der Waals surface area contributed by atoms with Crippen LogP contribution in [0.4, 0.5) is 5.69 Å². The lowest BCUT2D eigenvalue weighted by atomic mass is 10.1. The molecule has 3 rings (SSSR count). The van der Waals surface area contributed by atoms with Gasteiger partial charge in [0.1, 0.15) is 6.04 Å². The Kier molecular flexibility index (Phi) is 6.13. The van der Waals surface area contributed by atoms with E-state index in [9.17, 15) is 32.9 Å². The van der Waals surface area contributed by atoms with Gasteiger partial charge in [-0.1, -0.05) is 12.1 Å². The van der Waals surface area contributed by atoms with Crippen LogP contribution in [0.1, 0.15) is 27.6 Å². The average Bonchev–Trinajstić information content (AvgIpc) is 3.01. The number of carbonyl (C=O) groups excluding carboxylic acids is 3. The summed E-state index contributed by atoms with van der Waals surface area (Å²) in [5, 5.41) is 13.1. The highest BCUT2D eigenvalue weighted by Gasteiger charge is 2.40. The van der Waals surface area contributed by atoms with Crippen molar-refractivity contribution >= 4 is 33.4 Å². The van der Waals surface area contributed by atoms with Crippen LogP contribution < -0.4 is 10.0 Å². The molecule has 0 spiro atoms. The fourth-order valence-corrected chi connectivity index (χ4v) is 4.06. The lowest BCUT2D eigenvalue weighted by Crippen LogP contribution is -2.49. The Bertz CT molecular complexity index is 1130. The lowest BCUT2D eigenvalue weighted by Gasteiger charge is -2.21. The first-order valence-corrected chi connectivity index (χ1v) is 10.6. The van der Waals surface area contributed by atoms with Crippen molar-refractivity contribution in [3.63, 3.8) is 0 Å². The van der Waals surface area contributed by atoms with E-state index in [2.05, 4.69) is 10.0 Å². The van der Waals surface area contributed by atoms with Crippen molar-refractivity contribution in [3.05, 3.63) is 69.8 Å². The molecule has 1 aliphatic heterocycles. The van der Waals surface area contributed by atoms with Crippen molar-refractivity contribution in [2.45, 2.75) is 17.9 Å². The van der Waals surface area contributed by atoms with Gasteiger partial charge in [-0.2, -0.15) is 0 Å². The maximum Gasteiger partial charge on any atom is 0.269 e. The van der Waals surface area contributed by atoms with E-state index in [1.54, 1.807) is 12.1 Å². The summed E-state index contributed by atoms with van der Waals surface area (Å²) < 4.78 is 26.7. The number of rotatable bonds is 8. The molecule has 12 heteroatoms. The largest absolute Gasteiger partial charge is 0.353 e. The van der Waals surface area contributed by atoms with E-state index in [1.807, 2.05) is 0 Å². The van der Waals surface area contributed by atoms with Gasteiger partial charge in [0.05, 0.1) is 20.9 Å². The molecule has 0 aliphatic carbocycles. The van der Waals surface area contributed by atoms with Crippen molar-refractivity contribution in [1.29, 1.82) is 0 Å². The quantitative estimate of drug-likeness (QED) is 0.261. The number of hydrogen-bond acceptors (Lipinski definition) is 7. The van der Waals surface area contributed by atoms with Crippen LogP contribution in [0.2, 0.25) is 0 Å². The molecule has 11 nitrogen and oxygen atoms in total. The number of sulfonamides is 1. The molecule has 2 aromatic carbocycles. The van der Waals surface area contributed by atoms with Crippen molar-refractivity contribution in [2.24, 2.45) is 0 Å². The molecule has 1 heterocycles. The number of nitro groups is 1. The number of carbonyl (C=O) groups is 3. The third-order valence-electron chi connectivity index (χ3n) is 4.67. The fraction of sp³-hybridized carbons (Fsp3) is 0.211. The molecule has 0 saturated heterocycles. The lowest BCUT2D eigenvalue weighted by molar-refractivity contribution is -0.384. The van der Waals surface area contributed by atoms with Gasteiger partial charge in [0.25, 0.3) is 17.5 Å². The van der Waals surface area contributed by atoms with Crippen LogP contribution in [0.3, 0.4) is 0 Å². The molecule has 3 amide bonds. The standard InChI is InChI=1S/C19H18N4O7S/c1-12(22-18(25)15-4-2-3-5-16(15)19(22)26)17(24)20-10-11-21-31(29,30)14-8-6-13(7-9-14)23(27)28/h2-9,12,21H,10-11H2,1H3,(H,20,24). The first-order valence-electron chi connectivity index (χ1n) is 9.12. The first kappa shape index (κ1) is 22.1. The minimum atomic E-state index is -3.93. The van der Waals surface area contributed by atoms with Crippen molar-refractivity contribution in [2.75, 3.05) is 13.1 Å². The highest BCUT2D eigenvalue weighted by molar-refractivity contribution is 7.89. The van der Waals surface area contributed by atoms with Crippen LogP contribution in [0, 0.1) is 10.1 Å². The minimum Gasteiger partial charge on any atom is -0.353 e. The highest BCUT2D eigenvalue weighted by atomic mass is 32.2. The van der Waals surface area contributed by atoms with E-state index in [0.29, 0.717) is 0 Å². The number of nitrogens with one attached hydrogen (secondary N) is 2. The van der Waals surface area contributed by atoms with E-state index in [0.717, 1.165) is 29.2 Å². The predicted octanol–water partition coefficient (Wildman–Crippen LogP) is 0.674. The Morgan fingerprint density at radius 3 is 2.10 bits per heavy atom. The molecule has 1 aliphatic rings. The number of nitrogens with zero attached hydrogens (tertiary/aromatic N) is 2. The monoisotopic (exact) mass is 446 g/mol.